The molecule has 0 bridgehead atoms. The highest BCUT2D eigenvalue weighted by molar-refractivity contribution is 7.89. The molecule has 0 spiro atoms. The molecule has 1 aromatic heterocycles. The lowest BCUT2D eigenvalue weighted by Crippen LogP contribution is -2.39. The number of nitrogens with one attached hydrogen (secondary N) is 3. The second-order valence-corrected chi connectivity index (χ2v) is 9.74. The molecule has 3 rings (SSSR count). The molecule has 1 unspecified atom stereocenters. The van der Waals surface area contributed by atoms with Gasteiger partial charge in [0.25, 0.3) is 5.91 Å². The molecule has 0 saturated carbocycles. The molecule has 0 aliphatic heterocycles. The van der Waals surface area contributed by atoms with Gasteiger partial charge < -0.3 is 10.6 Å². The highest BCUT2D eigenvalue weighted by Gasteiger charge is 2.24. The van der Waals surface area contributed by atoms with Crippen molar-refractivity contribution in [2.75, 3.05) is 13.6 Å². The molecule has 174 valence electrons. The van der Waals surface area contributed by atoms with Crippen LogP contribution in [0.15, 0.2) is 64.9 Å². The lowest BCUT2D eigenvalue weighted by atomic mass is 10.0. The molecule has 1 heterocycles. The Morgan fingerprint density at radius 3 is 2.36 bits per heavy atom. The number of amides is 2. The van der Waals surface area contributed by atoms with E-state index in [1.165, 1.54) is 48.7 Å². The highest BCUT2D eigenvalue weighted by atomic mass is 32.2. The summed E-state index contributed by atoms with van der Waals surface area (Å²) < 4.78 is 54.3. The van der Waals surface area contributed by atoms with Crippen LogP contribution >= 0.6 is 11.3 Å². The molecule has 0 aliphatic carbocycles. The van der Waals surface area contributed by atoms with Crippen LogP contribution in [0.4, 0.5) is 8.78 Å². The minimum Gasteiger partial charge on any atom is -0.357 e. The normalized spacial score (nSPS) is 12.2. The molecule has 2 aromatic carbocycles. The Kier molecular flexibility index (Phi) is 7.90. The molecular formula is C22H21F2N3O4S2. The van der Waals surface area contributed by atoms with E-state index in [0.29, 0.717) is 6.42 Å². The van der Waals surface area contributed by atoms with Gasteiger partial charge in [0, 0.05) is 24.0 Å². The van der Waals surface area contributed by atoms with E-state index in [9.17, 15) is 26.8 Å². The van der Waals surface area contributed by atoms with Crippen LogP contribution in [0.25, 0.3) is 0 Å². The van der Waals surface area contributed by atoms with Gasteiger partial charge in [-0.15, -0.1) is 11.3 Å². The molecular weight excluding hydrogens is 472 g/mol. The largest absolute Gasteiger partial charge is 0.357 e. The SMILES string of the molecule is CNC(=O)C(NC(=O)c1ccc(S(=O)(=O)NCCc2cccs2)cc1)c1ccc(F)c(F)c1. The van der Waals surface area contributed by atoms with Crippen LogP contribution < -0.4 is 15.4 Å². The Morgan fingerprint density at radius 2 is 1.76 bits per heavy atom. The number of carbonyl (C=O) groups excluding carboxylic acids is 2. The fraction of sp³-hybridized carbons (Fsp3) is 0.182. The van der Waals surface area contributed by atoms with E-state index in [1.807, 2.05) is 17.5 Å². The van der Waals surface area contributed by atoms with E-state index in [1.54, 1.807) is 0 Å². The average Bonchev–Trinajstić information content (AvgIpc) is 3.32. The van der Waals surface area contributed by atoms with Gasteiger partial charge in [-0.25, -0.2) is 21.9 Å². The van der Waals surface area contributed by atoms with Crippen LogP contribution in [0, 0.1) is 11.6 Å². The quantitative estimate of drug-likeness (QED) is 0.426. The summed E-state index contributed by atoms with van der Waals surface area (Å²) in [5.74, 6) is -3.57. The topological polar surface area (TPSA) is 104 Å². The number of carbonyl (C=O) groups is 2. The number of likely N-dealkylation sites (N-methyl/N-ethyl adjacent to an activating group) is 1. The molecule has 3 N–H and O–H groups in total. The van der Waals surface area contributed by atoms with Gasteiger partial charge in [-0.3, -0.25) is 9.59 Å². The number of sulfonamides is 1. The minimum atomic E-state index is -3.77. The predicted molar refractivity (Wildman–Crippen MR) is 120 cm³/mol. The number of hydrogen-bond donors (Lipinski definition) is 3. The van der Waals surface area contributed by atoms with Crippen molar-refractivity contribution in [1.29, 1.82) is 0 Å². The molecule has 2 amide bonds. The monoisotopic (exact) mass is 493 g/mol. The smallest absolute Gasteiger partial charge is 0.252 e. The number of hydrogen-bond acceptors (Lipinski definition) is 5. The standard InChI is InChI=1S/C22H21F2N3O4S2/c1-25-22(29)20(15-6-9-18(23)19(24)13-15)27-21(28)14-4-7-17(8-5-14)33(30,31)26-11-10-16-3-2-12-32-16/h2-9,12-13,20,26H,10-11H2,1H3,(H,25,29)(H,27,28). The van der Waals surface area contributed by atoms with Gasteiger partial charge in [0.15, 0.2) is 11.6 Å². The molecule has 33 heavy (non-hydrogen) atoms. The van der Waals surface area contributed by atoms with Crippen molar-refractivity contribution in [2.24, 2.45) is 0 Å². The van der Waals surface area contributed by atoms with Crippen LogP contribution in [0.2, 0.25) is 0 Å². The third-order valence-corrected chi connectivity index (χ3v) is 7.14. The summed E-state index contributed by atoms with van der Waals surface area (Å²) in [7, 11) is -2.43. The van der Waals surface area contributed by atoms with Gasteiger partial charge in [-0.05, 0) is 59.8 Å². The first-order valence-electron chi connectivity index (χ1n) is 9.81. The Labute approximate surface area is 193 Å². The Balaban J connectivity index is 1.70. The summed E-state index contributed by atoms with van der Waals surface area (Å²) in [6.45, 7) is 0.229. The Morgan fingerprint density at radius 1 is 1.03 bits per heavy atom. The van der Waals surface area contributed by atoms with E-state index in [0.717, 1.165) is 17.0 Å². The zero-order valence-corrected chi connectivity index (χ0v) is 19.1. The second kappa shape index (κ2) is 10.6. The second-order valence-electron chi connectivity index (χ2n) is 6.95. The lowest BCUT2D eigenvalue weighted by molar-refractivity contribution is -0.122. The number of rotatable bonds is 9. The number of halogens is 2. The summed E-state index contributed by atoms with van der Waals surface area (Å²) in [6.07, 6.45) is 0.558. The Hall–Kier alpha value is -3.15. The van der Waals surface area contributed by atoms with Gasteiger partial charge in [-0.2, -0.15) is 0 Å². The van der Waals surface area contributed by atoms with E-state index >= 15 is 0 Å². The minimum absolute atomic E-state index is 0.0197. The lowest BCUT2D eigenvalue weighted by Gasteiger charge is -2.18. The average molecular weight is 494 g/mol. The Bertz CT molecular complexity index is 1230. The van der Waals surface area contributed by atoms with Crippen molar-refractivity contribution in [3.8, 4) is 0 Å². The van der Waals surface area contributed by atoms with Crippen LogP contribution in [0.3, 0.4) is 0 Å². The van der Waals surface area contributed by atoms with Gasteiger partial charge >= 0.3 is 0 Å². The van der Waals surface area contributed by atoms with Crippen molar-refractivity contribution in [3.63, 3.8) is 0 Å². The van der Waals surface area contributed by atoms with Gasteiger partial charge in [0.05, 0.1) is 4.90 Å². The summed E-state index contributed by atoms with van der Waals surface area (Å²) in [5.41, 5.74) is 0.139. The number of benzene rings is 2. The van der Waals surface area contributed by atoms with Crippen LogP contribution in [-0.2, 0) is 21.2 Å². The third-order valence-electron chi connectivity index (χ3n) is 4.73. The third kappa shape index (κ3) is 6.21. The van der Waals surface area contributed by atoms with E-state index in [2.05, 4.69) is 15.4 Å². The zero-order chi connectivity index (χ0) is 24.0. The first kappa shape index (κ1) is 24.5. The van der Waals surface area contributed by atoms with Crippen LogP contribution in [0.1, 0.15) is 26.8 Å². The van der Waals surface area contributed by atoms with Crippen LogP contribution in [-0.4, -0.2) is 33.8 Å². The molecule has 7 nitrogen and oxygen atoms in total. The first-order chi connectivity index (χ1) is 15.7. The maximum Gasteiger partial charge on any atom is 0.252 e. The molecule has 0 fully saturated rings. The van der Waals surface area contributed by atoms with E-state index < -0.39 is 39.5 Å². The van der Waals surface area contributed by atoms with Crippen molar-refractivity contribution < 1.29 is 26.8 Å². The molecule has 0 radical (unpaired) electrons. The first-order valence-corrected chi connectivity index (χ1v) is 12.2. The van der Waals surface area contributed by atoms with Crippen molar-refractivity contribution in [1.82, 2.24) is 15.4 Å². The van der Waals surface area contributed by atoms with Gasteiger partial charge in [0.1, 0.15) is 6.04 Å². The fourth-order valence-electron chi connectivity index (χ4n) is 2.98. The van der Waals surface area contributed by atoms with E-state index in [-0.39, 0.29) is 22.6 Å². The highest BCUT2D eigenvalue weighted by Crippen LogP contribution is 2.18. The van der Waals surface area contributed by atoms with E-state index in [4.69, 9.17) is 0 Å². The zero-order valence-electron chi connectivity index (χ0n) is 17.5. The van der Waals surface area contributed by atoms with Crippen molar-refractivity contribution in [3.05, 3.63) is 87.6 Å². The molecule has 0 saturated heterocycles. The van der Waals surface area contributed by atoms with Gasteiger partial charge in [0.2, 0.25) is 15.9 Å². The summed E-state index contributed by atoms with van der Waals surface area (Å²) in [5, 5.41) is 6.72. The fourth-order valence-corrected chi connectivity index (χ4v) is 4.72. The molecule has 3 aromatic rings. The molecule has 1 atom stereocenters. The summed E-state index contributed by atoms with van der Waals surface area (Å²) in [6, 6.07) is 10.5. The summed E-state index contributed by atoms with van der Waals surface area (Å²) >= 11 is 1.54. The summed E-state index contributed by atoms with van der Waals surface area (Å²) in [4.78, 5) is 25.9. The molecule has 0 aliphatic rings. The number of thiophene rings is 1. The maximum absolute atomic E-state index is 13.6. The molecule has 11 heteroatoms. The maximum atomic E-state index is 13.6. The predicted octanol–water partition coefficient (Wildman–Crippen LogP) is 2.76. The van der Waals surface area contributed by atoms with Crippen molar-refractivity contribution >= 4 is 33.2 Å². The van der Waals surface area contributed by atoms with Crippen molar-refractivity contribution in [2.45, 2.75) is 17.4 Å². The van der Waals surface area contributed by atoms with Gasteiger partial charge in [-0.1, -0.05) is 12.1 Å². The van der Waals surface area contributed by atoms with Crippen LogP contribution in [0.5, 0.6) is 0 Å².